The Morgan fingerprint density at radius 3 is 2.83 bits per heavy atom. The number of nitrogens with zero attached hydrogens (tertiary/aromatic N) is 3. The van der Waals surface area contributed by atoms with Crippen LogP contribution in [-0.2, 0) is 0 Å². The van der Waals surface area contributed by atoms with E-state index in [9.17, 15) is 4.79 Å². The Bertz CT molecular complexity index is 541. The van der Waals surface area contributed by atoms with Crippen LogP contribution in [0, 0.1) is 0 Å². The van der Waals surface area contributed by atoms with Crippen LogP contribution < -0.4 is 4.74 Å². The van der Waals surface area contributed by atoms with Gasteiger partial charge in [-0.05, 0) is 45.5 Å². The third kappa shape index (κ3) is 3.83. The van der Waals surface area contributed by atoms with Gasteiger partial charge in [0.15, 0.2) is 0 Å². The molecule has 1 fully saturated rings. The van der Waals surface area contributed by atoms with E-state index >= 15 is 0 Å². The van der Waals surface area contributed by atoms with Crippen LogP contribution in [0.4, 0.5) is 0 Å². The van der Waals surface area contributed by atoms with Crippen LogP contribution in [0.5, 0.6) is 5.88 Å². The highest BCUT2D eigenvalue weighted by Crippen LogP contribution is 2.29. The molecule has 1 unspecified atom stereocenters. The molecular weight excluding hydrogens is 290 g/mol. The summed E-state index contributed by atoms with van der Waals surface area (Å²) in [4.78, 5) is 21.5. The predicted octanol–water partition coefficient (Wildman–Crippen LogP) is 2.57. The molecule has 1 amide bonds. The Morgan fingerprint density at radius 2 is 2.09 bits per heavy atom. The zero-order valence-electron chi connectivity index (χ0n) is 14.2. The lowest BCUT2D eigenvalue weighted by atomic mass is 9.93. The number of carbonyl (C=O) groups is 1. The topological polar surface area (TPSA) is 45.7 Å². The van der Waals surface area contributed by atoms with Crippen molar-refractivity contribution in [2.24, 2.45) is 0 Å². The number of amides is 1. The standard InChI is InChI=1S/C18H27N3O2/c1-20(2)12-10-15-13-21(14-7-4-3-5-8-14)18(22)16-9-6-11-19-17(16)23-15/h6,9,11,14-15H,3-5,7-8,10,12-13H2,1-2H3. The van der Waals surface area contributed by atoms with Gasteiger partial charge in [0.05, 0.1) is 6.54 Å². The highest BCUT2D eigenvalue weighted by Gasteiger charge is 2.34. The molecule has 23 heavy (non-hydrogen) atoms. The first-order valence-corrected chi connectivity index (χ1v) is 8.72. The Morgan fingerprint density at radius 1 is 1.30 bits per heavy atom. The summed E-state index contributed by atoms with van der Waals surface area (Å²) in [5.74, 6) is 0.590. The highest BCUT2D eigenvalue weighted by molar-refractivity contribution is 5.96. The van der Waals surface area contributed by atoms with Crippen molar-refractivity contribution in [3.63, 3.8) is 0 Å². The van der Waals surface area contributed by atoms with Crippen molar-refractivity contribution < 1.29 is 9.53 Å². The summed E-state index contributed by atoms with van der Waals surface area (Å²) in [6, 6.07) is 4.02. The second kappa shape index (κ2) is 7.30. The summed E-state index contributed by atoms with van der Waals surface area (Å²) in [6.07, 6.45) is 8.57. The lowest BCUT2D eigenvalue weighted by Crippen LogP contribution is -2.45. The summed E-state index contributed by atoms with van der Waals surface area (Å²) in [7, 11) is 4.12. The monoisotopic (exact) mass is 317 g/mol. The molecule has 1 aromatic rings. The van der Waals surface area contributed by atoms with Gasteiger partial charge in [-0.2, -0.15) is 0 Å². The molecule has 1 saturated carbocycles. The molecule has 0 spiro atoms. The number of pyridine rings is 1. The van der Waals surface area contributed by atoms with Gasteiger partial charge in [-0.15, -0.1) is 0 Å². The van der Waals surface area contributed by atoms with E-state index in [0.29, 0.717) is 24.0 Å². The molecule has 5 heteroatoms. The molecule has 0 N–H and O–H groups in total. The Kier molecular flexibility index (Phi) is 5.16. The summed E-state index contributed by atoms with van der Waals surface area (Å²) in [6.45, 7) is 1.62. The first-order chi connectivity index (χ1) is 11.1. The molecule has 0 saturated heterocycles. The van der Waals surface area contributed by atoms with Gasteiger partial charge in [-0.25, -0.2) is 4.98 Å². The first kappa shape index (κ1) is 16.2. The fraction of sp³-hybridized carbons (Fsp3) is 0.667. The fourth-order valence-corrected chi connectivity index (χ4v) is 3.56. The lowest BCUT2D eigenvalue weighted by Gasteiger charge is -2.34. The SMILES string of the molecule is CN(C)CCC1CN(C2CCCCC2)C(=O)c2cccnc2O1. The predicted molar refractivity (Wildman–Crippen MR) is 89.7 cm³/mol. The maximum absolute atomic E-state index is 13.0. The molecule has 0 radical (unpaired) electrons. The van der Waals surface area contributed by atoms with E-state index in [2.05, 4.69) is 28.9 Å². The highest BCUT2D eigenvalue weighted by atomic mass is 16.5. The normalized spacial score (nSPS) is 22.7. The minimum absolute atomic E-state index is 0.0134. The average Bonchev–Trinajstić information content (AvgIpc) is 2.71. The second-order valence-corrected chi connectivity index (χ2v) is 6.94. The molecule has 2 aliphatic rings. The number of hydrogen-bond donors (Lipinski definition) is 0. The molecule has 5 nitrogen and oxygen atoms in total. The van der Waals surface area contributed by atoms with Gasteiger partial charge in [-0.1, -0.05) is 19.3 Å². The van der Waals surface area contributed by atoms with Crippen molar-refractivity contribution >= 4 is 5.91 Å². The van der Waals surface area contributed by atoms with Gasteiger partial charge in [0.25, 0.3) is 5.91 Å². The van der Waals surface area contributed by atoms with Crippen LogP contribution in [0.1, 0.15) is 48.9 Å². The van der Waals surface area contributed by atoms with E-state index in [1.165, 1.54) is 19.3 Å². The molecular formula is C18H27N3O2. The van der Waals surface area contributed by atoms with Gasteiger partial charge in [0, 0.05) is 18.8 Å². The van der Waals surface area contributed by atoms with Gasteiger partial charge in [-0.3, -0.25) is 4.79 Å². The van der Waals surface area contributed by atoms with Crippen LogP contribution in [0.3, 0.4) is 0 Å². The maximum atomic E-state index is 13.0. The van der Waals surface area contributed by atoms with E-state index in [0.717, 1.165) is 25.8 Å². The fourth-order valence-electron chi connectivity index (χ4n) is 3.56. The van der Waals surface area contributed by atoms with E-state index in [-0.39, 0.29) is 12.0 Å². The first-order valence-electron chi connectivity index (χ1n) is 8.72. The minimum Gasteiger partial charge on any atom is -0.472 e. The maximum Gasteiger partial charge on any atom is 0.259 e. The molecule has 1 atom stereocenters. The molecule has 1 aliphatic heterocycles. The smallest absolute Gasteiger partial charge is 0.259 e. The van der Waals surface area contributed by atoms with Gasteiger partial charge in [0.1, 0.15) is 11.7 Å². The Labute approximate surface area is 138 Å². The van der Waals surface area contributed by atoms with Crippen LogP contribution in [0.25, 0.3) is 0 Å². The van der Waals surface area contributed by atoms with Crippen LogP contribution >= 0.6 is 0 Å². The van der Waals surface area contributed by atoms with Crippen molar-refractivity contribution in [3.8, 4) is 5.88 Å². The number of aromatic nitrogens is 1. The molecule has 0 aromatic carbocycles. The number of rotatable bonds is 4. The molecule has 1 aromatic heterocycles. The summed E-state index contributed by atoms with van der Waals surface area (Å²) < 4.78 is 6.10. The third-order valence-electron chi connectivity index (χ3n) is 4.85. The molecule has 1 aliphatic carbocycles. The third-order valence-corrected chi connectivity index (χ3v) is 4.85. The van der Waals surface area contributed by atoms with E-state index in [1.54, 1.807) is 6.20 Å². The molecule has 0 bridgehead atoms. The van der Waals surface area contributed by atoms with Crippen LogP contribution in [-0.4, -0.2) is 60.0 Å². The largest absolute Gasteiger partial charge is 0.472 e. The second-order valence-electron chi connectivity index (χ2n) is 6.94. The van der Waals surface area contributed by atoms with Crippen molar-refractivity contribution in [3.05, 3.63) is 23.9 Å². The van der Waals surface area contributed by atoms with Crippen molar-refractivity contribution in [2.75, 3.05) is 27.2 Å². The quantitative estimate of drug-likeness (QED) is 0.856. The van der Waals surface area contributed by atoms with Crippen LogP contribution in [0.2, 0.25) is 0 Å². The summed E-state index contributed by atoms with van der Waals surface area (Å²) in [5.41, 5.74) is 0.616. The van der Waals surface area contributed by atoms with Gasteiger partial charge >= 0.3 is 0 Å². The average molecular weight is 317 g/mol. The Hall–Kier alpha value is -1.62. The zero-order chi connectivity index (χ0) is 16.2. The Balaban J connectivity index is 1.84. The molecule has 2 heterocycles. The number of hydrogen-bond acceptors (Lipinski definition) is 4. The van der Waals surface area contributed by atoms with E-state index < -0.39 is 0 Å². The zero-order valence-corrected chi connectivity index (χ0v) is 14.2. The number of ether oxygens (including phenoxy) is 1. The minimum atomic E-state index is 0.0134. The van der Waals surface area contributed by atoms with Crippen molar-refractivity contribution in [2.45, 2.75) is 50.7 Å². The molecule has 126 valence electrons. The summed E-state index contributed by atoms with van der Waals surface area (Å²) in [5, 5.41) is 0. The van der Waals surface area contributed by atoms with Gasteiger partial charge in [0.2, 0.25) is 5.88 Å². The molecule has 3 rings (SSSR count). The van der Waals surface area contributed by atoms with E-state index in [1.807, 2.05) is 12.1 Å². The van der Waals surface area contributed by atoms with Crippen molar-refractivity contribution in [1.82, 2.24) is 14.8 Å². The van der Waals surface area contributed by atoms with Crippen LogP contribution in [0.15, 0.2) is 18.3 Å². The van der Waals surface area contributed by atoms with E-state index in [4.69, 9.17) is 4.74 Å². The van der Waals surface area contributed by atoms with Gasteiger partial charge < -0.3 is 14.5 Å². The lowest BCUT2D eigenvalue weighted by molar-refractivity contribution is 0.0539. The van der Waals surface area contributed by atoms with Crippen molar-refractivity contribution in [1.29, 1.82) is 0 Å². The number of carbonyl (C=O) groups excluding carboxylic acids is 1. The summed E-state index contributed by atoms with van der Waals surface area (Å²) >= 11 is 0. The number of fused-ring (bicyclic) bond motifs is 1.